The minimum Gasteiger partial charge on any atom is -0.298 e. The predicted octanol–water partition coefficient (Wildman–Crippen LogP) is 4.89. The van der Waals surface area contributed by atoms with Gasteiger partial charge in [-0.15, -0.1) is 0 Å². The number of rotatable bonds is 3. The summed E-state index contributed by atoms with van der Waals surface area (Å²) in [6.07, 6.45) is -4.75. The molecule has 25 heavy (non-hydrogen) atoms. The van der Waals surface area contributed by atoms with Crippen LogP contribution in [-0.4, -0.2) is 5.91 Å². The van der Waals surface area contributed by atoms with Gasteiger partial charge in [0.2, 0.25) is 0 Å². The molecule has 0 bridgehead atoms. The van der Waals surface area contributed by atoms with Crippen LogP contribution in [0.3, 0.4) is 0 Å². The number of halogens is 6. The van der Waals surface area contributed by atoms with Gasteiger partial charge in [0.1, 0.15) is 5.82 Å². The number of nitrogens with zero attached hydrogens (tertiary/aromatic N) is 1. The van der Waals surface area contributed by atoms with E-state index in [0.29, 0.717) is 6.07 Å². The van der Waals surface area contributed by atoms with Gasteiger partial charge in [0.25, 0.3) is 5.91 Å². The smallest absolute Gasteiger partial charge is 0.298 e. The molecule has 0 aliphatic carbocycles. The maximum atomic E-state index is 13.6. The van der Waals surface area contributed by atoms with Crippen LogP contribution in [0.2, 0.25) is 5.02 Å². The fraction of sp³-hybridized carbons (Fsp3) is 0.0667. The van der Waals surface area contributed by atoms with Crippen LogP contribution in [0.1, 0.15) is 21.5 Å². The van der Waals surface area contributed by atoms with Crippen LogP contribution in [0.4, 0.5) is 23.2 Å². The van der Waals surface area contributed by atoms with Crippen LogP contribution in [0.25, 0.3) is 0 Å². The number of amides is 1. The number of hydrazine groups is 1. The highest BCUT2D eigenvalue weighted by Crippen LogP contribution is 2.35. The third kappa shape index (κ3) is 4.41. The Bertz CT molecular complexity index is 880. The number of benzene rings is 2. The van der Waals surface area contributed by atoms with E-state index in [4.69, 9.17) is 16.9 Å². The Kier molecular flexibility index (Phi) is 5.55. The summed E-state index contributed by atoms with van der Waals surface area (Å²) in [6, 6.07) is 6.51. The lowest BCUT2D eigenvalue weighted by Gasteiger charge is -2.16. The Labute approximate surface area is 152 Å². The van der Waals surface area contributed by atoms with Crippen molar-refractivity contribution in [1.29, 1.82) is 5.26 Å². The fourth-order valence-corrected chi connectivity index (χ4v) is 2.48. The van der Waals surface area contributed by atoms with E-state index >= 15 is 0 Å². The second kappa shape index (κ2) is 7.29. The number of hydrogen-bond donors (Lipinski definition) is 2. The van der Waals surface area contributed by atoms with Gasteiger partial charge in [0.15, 0.2) is 0 Å². The zero-order chi connectivity index (χ0) is 18.8. The molecule has 2 aromatic carbocycles. The molecule has 130 valence electrons. The molecule has 0 unspecified atom stereocenters. The summed E-state index contributed by atoms with van der Waals surface area (Å²) >= 11 is 8.53. The van der Waals surface area contributed by atoms with E-state index in [9.17, 15) is 22.4 Å². The van der Waals surface area contributed by atoms with Crippen LogP contribution in [0.15, 0.2) is 34.8 Å². The number of nitriles is 1. The number of hydrogen-bond acceptors (Lipinski definition) is 3. The zero-order valence-electron chi connectivity index (χ0n) is 12.0. The molecule has 2 rings (SSSR count). The molecular weight excluding hydrogens is 430 g/mol. The van der Waals surface area contributed by atoms with Crippen molar-refractivity contribution in [2.75, 3.05) is 5.43 Å². The second-order valence-electron chi connectivity index (χ2n) is 4.70. The normalized spacial score (nSPS) is 10.9. The topological polar surface area (TPSA) is 64.9 Å². The van der Waals surface area contributed by atoms with Gasteiger partial charge >= 0.3 is 6.18 Å². The number of carbonyl (C=O) groups is 1. The molecule has 4 nitrogen and oxygen atoms in total. The van der Waals surface area contributed by atoms with E-state index in [1.807, 2.05) is 5.43 Å². The van der Waals surface area contributed by atoms with Crippen molar-refractivity contribution in [3.63, 3.8) is 0 Å². The van der Waals surface area contributed by atoms with Gasteiger partial charge in [-0.2, -0.15) is 18.4 Å². The summed E-state index contributed by atoms with van der Waals surface area (Å²) in [5, 5.41) is 8.65. The molecule has 0 saturated carbocycles. The Morgan fingerprint density at radius 1 is 1.24 bits per heavy atom. The molecule has 0 spiro atoms. The zero-order valence-corrected chi connectivity index (χ0v) is 14.4. The minimum atomic E-state index is -4.75. The molecule has 10 heteroatoms. The summed E-state index contributed by atoms with van der Waals surface area (Å²) in [4.78, 5) is 12.1. The Hall–Kier alpha value is -2.31. The van der Waals surface area contributed by atoms with Gasteiger partial charge in [-0.1, -0.05) is 11.6 Å². The fourth-order valence-electron chi connectivity index (χ4n) is 1.87. The number of carbonyl (C=O) groups excluding carboxylic acids is 1. The molecule has 0 aliphatic heterocycles. The standard InChI is InChI=1S/C15H7BrClF4N3O/c16-13-9(4-8(17)5-11(13)18)14(25)24-23-12-2-1-7(6-22)3-10(12)15(19,20)21/h1-5,23H,(H,24,25). The third-order valence-electron chi connectivity index (χ3n) is 3.00. The van der Waals surface area contributed by atoms with Crippen molar-refractivity contribution in [3.8, 4) is 6.07 Å². The molecule has 2 N–H and O–H groups in total. The van der Waals surface area contributed by atoms with Crippen LogP contribution in [-0.2, 0) is 6.18 Å². The first-order chi connectivity index (χ1) is 11.6. The summed E-state index contributed by atoms with van der Waals surface area (Å²) in [5.74, 6) is -1.71. The van der Waals surface area contributed by atoms with Gasteiger partial charge < -0.3 is 0 Å². The van der Waals surface area contributed by atoms with E-state index in [1.54, 1.807) is 6.07 Å². The van der Waals surface area contributed by atoms with Gasteiger partial charge in [0, 0.05) is 5.02 Å². The number of nitrogens with one attached hydrogen (secondary N) is 2. The monoisotopic (exact) mass is 435 g/mol. The Morgan fingerprint density at radius 3 is 2.52 bits per heavy atom. The largest absolute Gasteiger partial charge is 0.418 e. The SMILES string of the molecule is N#Cc1ccc(NNC(=O)c2cc(Cl)cc(F)c2Br)c(C(F)(F)F)c1. The summed E-state index contributed by atoms with van der Waals surface area (Å²) in [6.45, 7) is 0. The van der Waals surface area contributed by atoms with Gasteiger partial charge in [-0.3, -0.25) is 15.6 Å². The quantitative estimate of drug-likeness (QED) is 0.409. The molecule has 1 amide bonds. The van der Waals surface area contributed by atoms with Crippen LogP contribution in [0.5, 0.6) is 0 Å². The van der Waals surface area contributed by atoms with E-state index in [1.165, 1.54) is 0 Å². The molecule has 0 aliphatic rings. The molecular formula is C15H7BrClF4N3O. The molecule has 0 fully saturated rings. The van der Waals surface area contributed by atoms with Crippen molar-refractivity contribution in [2.45, 2.75) is 6.18 Å². The molecule has 0 radical (unpaired) electrons. The van der Waals surface area contributed by atoms with Crippen molar-refractivity contribution in [3.05, 3.63) is 62.3 Å². The van der Waals surface area contributed by atoms with Crippen molar-refractivity contribution in [1.82, 2.24) is 5.43 Å². The lowest BCUT2D eigenvalue weighted by molar-refractivity contribution is -0.137. The van der Waals surface area contributed by atoms with E-state index in [2.05, 4.69) is 21.4 Å². The number of alkyl halides is 3. The lowest BCUT2D eigenvalue weighted by atomic mass is 10.1. The van der Waals surface area contributed by atoms with Crippen LogP contribution >= 0.6 is 27.5 Å². The van der Waals surface area contributed by atoms with Crippen molar-refractivity contribution in [2.24, 2.45) is 0 Å². The van der Waals surface area contributed by atoms with Crippen LogP contribution in [0, 0.1) is 17.1 Å². The predicted molar refractivity (Wildman–Crippen MR) is 86.4 cm³/mol. The lowest BCUT2D eigenvalue weighted by Crippen LogP contribution is -2.31. The first kappa shape index (κ1) is 19.0. The highest BCUT2D eigenvalue weighted by molar-refractivity contribution is 9.10. The second-order valence-corrected chi connectivity index (χ2v) is 5.93. The van der Waals surface area contributed by atoms with E-state index < -0.39 is 29.2 Å². The average molecular weight is 437 g/mol. The summed E-state index contributed by atoms with van der Waals surface area (Å²) in [7, 11) is 0. The maximum Gasteiger partial charge on any atom is 0.418 e. The average Bonchev–Trinajstić information content (AvgIpc) is 2.54. The van der Waals surface area contributed by atoms with E-state index in [-0.39, 0.29) is 20.6 Å². The maximum absolute atomic E-state index is 13.6. The molecule has 0 saturated heterocycles. The molecule has 2 aromatic rings. The molecule has 0 atom stereocenters. The molecule has 0 aromatic heterocycles. The van der Waals surface area contributed by atoms with Gasteiger partial charge in [-0.05, 0) is 46.3 Å². The molecule has 0 heterocycles. The van der Waals surface area contributed by atoms with Crippen molar-refractivity contribution < 1.29 is 22.4 Å². The van der Waals surface area contributed by atoms with Gasteiger partial charge in [0.05, 0.1) is 32.9 Å². The minimum absolute atomic E-state index is 0.0554. The Morgan fingerprint density at radius 2 is 1.92 bits per heavy atom. The summed E-state index contributed by atoms with van der Waals surface area (Å²) in [5.41, 5.74) is 2.14. The Balaban J connectivity index is 2.28. The van der Waals surface area contributed by atoms with Crippen molar-refractivity contribution >= 4 is 39.1 Å². The van der Waals surface area contributed by atoms with E-state index in [0.717, 1.165) is 24.3 Å². The van der Waals surface area contributed by atoms with Crippen LogP contribution < -0.4 is 10.9 Å². The summed E-state index contributed by atoms with van der Waals surface area (Å²) < 4.78 is 52.5. The first-order valence-electron chi connectivity index (χ1n) is 6.45. The highest BCUT2D eigenvalue weighted by Gasteiger charge is 2.34. The third-order valence-corrected chi connectivity index (χ3v) is 4.03. The number of anilines is 1. The highest BCUT2D eigenvalue weighted by atomic mass is 79.9. The van der Waals surface area contributed by atoms with Gasteiger partial charge in [-0.25, -0.2) is 4.39 Å². The first-order valence-corrected chi connectivity index (χ1v) is 7.63.